The summed E-state index contributed by atoms with van der Waals surface area (Å²) in [6.07, 6.45) is 18.5. The molecule has 3 fully saturated rings. The van der Waals surface area contributed by atoms with Gasteiger partial charge in [-0.2, -0.15) is 0 Å². The van der Waals surface area contributed by atoms with Crippen LogP contribution in [-0.4, -0.2) is 71.9 Å². The average molecular weight is 652 g/mol. The van der Waals surface area contributed by atoms with Crippen LogP contribution in [0.5, 0.6) is 11.6 Å². The molecule has 0 radical (unpaired) electrons. The highest BCUT2D eigenvalue weighted by Gasteiger charge is 2.42. The van der Waals surface area contributed by atoms with Crippen molar-refractivity contribution in [1.29, 1.82) is 0 Å². The number of pyridine rings is 1. The maximum Gasteiger partial charge on any atom is 0.405 e. The number of aromatic nitrogens is 1. The number of methoxy groups -OCH3 is 1. The Bertz CT molecular complexity index is 1310. The van der Waals surface area contributed by atoms with E-state index in [1.54, 1.807) is 6.08 Å². The molecule has 3 aliphatic rings. The number of ether oxygens (including phenoxy) is 3. The summed E-state index contributed by atoms with van der Waals surface area (Å²) in [5, 5.41) is 11.7. The molecule has 1 aromatic heterocycles. The van der Waals surface area contributed by atoms with Gasteiger partial charge in [0.1, 0.15) is 24.4 Å². The van der Waals surface area contributed by atoms with Crippen LogP contribution in [0.25, 0.3) is 10.9 Å². The van der Waals surface area contributed by atoms with Crippen molar-refractivity contribution in [1.82, 2.24) is 15.2 Å². The third-order valence-electron chi connectivity index (χ3n) is 8.77. The first kappa shape index (κ1) is 37.4. The van der Waals surface area contributed by atoms with Gasteiger partial charge >= 0.3 is 12.1 Å². The molecule has 0 spiro atoms. The van der Waals surface area contributed by atoms with Crippen molar-refractivity contribution < 1.29 is 33.7 Å². The molecule has 1 saturated heterocycles. The molecule has 2 amide bonds. The van der Waals surface area contributed by atoms with Crippen LogP contribution in [0.1, 0.15) is 89.5 Å². The monoisotopic (exact) mass is 651 g/mol. The molecule has 10 nitrogen and oxygen atoms in total. The van der Waals surface area contributed by atoms with Gasteiger partial charge in [0.05, 0.1) is 31.3 Å². The second-order valence-electron chi connectivity index (χ2n) is 12.2. The van der Waals surface area contributed by atoms with Gasteiger partial charge in [-0.1, -0.05) is 82.1 Å². The van der Waals surface area contributed by atoms with Crippen molar-refractivity contribution in [2.45, 2.75) is 103 Å². The second-order valence-corrected chi connectivity index (χ2v) is 12.2. The zero-order valence-corrected chi connectivity index (χ0v) is 28.2. The lowest BCUT2D eigenvalue weighted by molar-refractivity contribution is -0.150. The summed E-state index contributed by atoms with van der Waals surface area (Å²) >= 11 is 0. The second kappa shape index (κ2) is 20.2. The van der Waals surface area contributed by atoms with Gasteiger partial charge in [0.25, 0.3) is 0 Å². The molecule has 2 N–H and O–H groups in total. The number of esters is 1. The number of carbonyl (C=O) groups is 3. The van der Waals surface area contributed by atoms with E-state index in [0.29, 0.717) is 30.2 Å². The number of fused-ring (bicyclic) bond motifs is 1. The molecule has 1 unspecified atom stereocenters. The van der Waals surface area contributed by atoms with Crippen LogP contribution in [-0.2, 0) is 20.7 Å². The molecular formula is C37H53N3O7. The van der Waals surface area contributed by atoms with Gasteiger partial charge in [0, 0.05) is 11.8 Å². The molecule has 1 aromatic carbocycles. The van der Waals surface area contributed by atoms with Crippen LogP contribution in [0, 0.1) is 5.92 Å². The van der Waals surface area contributed by atoms with Crippen LogP contribution >= 0.6 is 0 Å². The van der Waals surface area contributed by atoms with Crippen molar-refractivity contribution in [3.63, 3.8) is 0 Å². The number of likely N-dealkylation sites (tertiary alicyclic amines) is 1. The number of nitrogens with one attached hydrogen (secondary N) is 1. The molecular weight excluding hydrogens is 598 g/mol. The predicted octanol–water partition coefficient (Wildman–Crippen LogP) is 7.24. The summed E-state index contributed by atoms with van der Waals surface area (Å²) in [5.74, 6) is 0.884. The number of benzene rings is 1. The van der Waals surface area contributed by atoms with Crippen LogP contribution < -0.4 is 14.8 Å². The Balaban J connectivity index is 0.000000350. The summed E-state index contributed by atoms with van der Waals surface area (Å²) in [7, 11) is 1.23. The Morgan fingerprint density at radius 3 is 2.32 bits per heavy atom. The third kappa shape index (κ3) is 11.6. The minimum atomic E-state index is -1.33. The SMILES string of the molecule is C1CCCC1.C=CCCC1CCCC1.C=CCc1c(O[C@@H]2CC(C(=O)OC)N(C(=O)CNC(=O)O)C2)nc2ccccc2c1OCC. The van der Waals surface area contributed by atoms with Gasteiger partial charge in [-0.15, -0.1) is 13.2 Å². The molecule has 10 heteroatoms. The van der Waals surface area contributed by atoms with E-state index in [9.17, 15) is 14.4 Å². The lowest BCUT2D eigenvalue weighted by Crippen LogP contribution is -2.45. The molecule has 2 saturated carbocycles. The van der Waals surface area contributed by atoms with Gasteiger partial charge < -0.3 is 29.5 Å². The quantitative estimate of drug-likeness (QED) is 0.182. The smallest absolute Gasteiger partial charge is 0.405 e. The molecule has 5 rings (SSSR count). The number of para-hydroxylation sites is 1. The zero-order chi connectivity index (χ0) is 34.0. The molecule has 2 aromatic rings. The zero-order valence-electron chi connectivity index (χ0n) is 28.2. The summed E-state index contributed by atoms with van der Waals surface area (Å²) in [6, 6.07) is 6.64. The van der Waals surface area contributed by atoms with E-state index in [2.05, 4.69) is 18.1 Å². The van der Waals surface area contributed by atoms with Crippen molar-refractivity contribution in [2.75, 3.05) is 26.8 Å². The summed E-state index contributed by atoms with van der Waals surface area (Å²) in [6.45, 7) is 9.49. The molecule has 47 heavy (non-hydrogen) atoms. The molecule has 2 atom stereocenters. The molecule has 2 aliphatic carbocycles. The highest BCUT2D eigenvalue weighted by atomic mass is 16.5. The molecule has 1 aliphatic heterocycles. The predicted molar refractivity (Wildman–Crippen MR) is 184 cm³/mol. The van der Waals surface area contributed by atoms with Gasteiger partial charge in [0.15, 0.2) is 0 Å². The highest BCUT2D eigenvalue weighted by Crippen LogP contribution is 2.37. The lowest BCUT2D eigenvalue weighted by Gasteiger charge is -2.22. The van der Waals surface area contributed by atoms with E-state index >= 15 is 0 Å². The van der Waals surface area contributed by atoms with E-state index in [-0.39, 0.29) is 13.0 Å². The van der Waals surface area contributed by atoms with Crippen LogP contribution in [0.4, 0.5) is 4.79 Å². The first-order valence-corrected chi connectivity index (χ1v) is 17.1. The number of allylic oxidation sites excluding steroid dienone is 2. The third-order valence-corrected chi connectivity index (χ3v) is 8.77. The number of rotatable bonds is 12. The van der Waals surface area contributed by atoms with Crippen molar-refractivity contribution in [3.05, 3.63) is 55.1 Å². The van der Waals surface area contributed by atoms with E-state index in [4.69, 9.17) is 19.3 Å². The fourth-order valence-electron chi connectivity index (χ4n) is 6.40. The molecule has 2 heterocycles. The normalized spacial score (nSPS) is 18.7. The Hall–Kier alpha value is -4.08. The molecule has 258 valence electrons. The standard InChI is InChI=1S/C23H27N3O7.C9H16.C5H10/c1-4-8-16-20(32-5-2)15-9-6-7-10-17(15)25-21(16)33-14-11-18(22(28)31-3)26(13-14)19(27)12-24-23(29)30;1-2-3-6-9-7-4-5-8-9;1-2-4-5-3-1/h4,6-7,9-10,14,18,24H,1,5,8,11-13H2,2-3H3,(H,29,30);2,9H,1,3-8H2;1-5H2/t14-,18?;;/m1../s1. The number of hydrogen-bond acceptors (Lipinski definition) is 7. The van der Waals surface area contributed by atoms with E-state index in [0.717, 1.165) is 16.9 Å². The van der Waals surface area contributed by atoms with E-state index in [1.807, 2.05) is 42.6 Å². The molecule has 0 bridgehead atoms. The van der Waals surface area contributed by atoms with Gasteiger partial charge in [-0.05, 0) is 44.2 Å². The van der Waals surface area contributed by atoms with Gasteiger partial charge in [0.2, 0.25) is 11.8 Å². The Labute approximate surface area is 279 Å². The maximum atomic E-state index is 12.5. The summed E-state index contributed by atoms with van der Waals surface area (Å²) < 4.78 is 17.0. The van der Waals surface area contributed by atoms with Crippen molar-refractivity contribution >= 4 is 28.9 Å². The minimum absolute atomic E-state index is 0.0753. The van der Waals surface area contributed by atoms with E-state index in [1.165, 1.54) is 82.6 Å². The van der Waals surface area contributed by atoms with Gasteiger partial charge in [-0.3, -0.25) is 4.79 Å². The topological polar surface area (TPSA) is 127 Å². The Morgan fingerprint density at radius 1 is 1.04 bits per heavy atom. The van der Waals surface area contributed by atoms with Crippen LogP contribution in [0.15, 0.2) is 49.6 Å². The number of amides is 2. The average Bonchev–Trinajstić information content (AvgIpc) is 3.89. The lowest BCUT2D eigenvalue weighted by atomic mass is 10.0. The fourth-order valence-corrected chi connectivity index (χ4v) is 6.40. The van der Waals surface area contributed by atoms with Crippen molar-refractivity contribution in [3.8, 4) is 11.6 Å². The minimum Gasteiger partial charge on any atom is -0.493 e. The van der Waals surface area contributed by atoms with Crippen LogP contribution in [0.2, 0.25) is 0 Å². The largest absolute Gasteiger partial charge is 0.493 e. The number of carbonyl (C=O) groups excluding carboxylic acids is 2. The van der Waals surface area contributed by atoms with Crippen molar-refractivity contribution in [2.24, 2.45) is 5.92 Å². The first-order chi connectivity index (χ1) is 22.8. The van der Waals surface area contributed by atoms with Crippen LogP contribution in [0.3, 0.4) is 0 Å². The maximum absolute atomic E-state index is 12.5. The first-order valence-electron chi connectivity index (χ1n) is 17.1. The number of hydrogen-bond donors (Lipinski definition) is 2. The summed E-state index contributed by atoms with van der Waals surface area (Å²) in [5.41, 5.74) is 1.40. The van der Waals surface area contributed by atoms with Gasteiger partial charge in [-0.25, -0.2) is 14.6 Å². The Kier molecular flexibility index (Phi) is 16.1. The fraction of sp³-hybridized carbons (Fsp3) is 0.568. The summed E-state index contributed by atoms with van der Waals surface area (Å²) in [4.78, 5) is 41.5. The number of carboxylic acid groups (broad SMARTS) is 1. The number of nitrogens with zero attached hydrogens (tertiary/aromatic N) is 2. The highest BCUT2D eigenvalue weighted by molar-refractivity contribution is 5.88. The van der Waals surface area contributed by atoms with E-state index < -0.39 is 36.7 Å². The Morgan fingerprint density at radius 2 is 1.72 bits per heavy atom.